The Morgan fingerprint density at radius 2 is 1.21 bits per heavy atom. The summed E-state index contributed by atoms with van der Waals surface area (Å²) in [5, 5.41) is 0. The highest BCUT2D eigenvalue weighted by Crippen LogP contribution is 2.66. The number of ether oxygens (including phenoxy) is 2. The van der Waals surface area contributed by atoms with E-state index in [0.717, 1.165) is 40.1 Å². The lowest BCUT2D eigenvalue weighted by molar-refractivity contribution is -0.969. The zero-order chi connectivity index (χ0) is 28.2. The normalized spacial score (nSPS) is 19.1. The van der Waals surface area contributed by atoms with E-state index in [0.29, 0.717) is 0 Å². The van der Waals surface area contributed by atoms with Gasteiger partial charge in [0, 0.05) is 28.2 Å². The van der Waals surface area contributed by atoms with Crippen LogP contribution < -0.4 is 23.5 Å². The first-order valence-corrected chi connectivity index (χ1v) is 14.9. The van der Waals surface area contributed by atoms with Crippen LogP contribution in [0.25, 0.3) is 22.3 Å². The highest BCUT2D eigenvalue weighted by atomic mass is 16.5. The molecule has 6 aromatic rings. The van der Waals surface area contributed by atoms with E-state index in [2.05, 4.69) is 131 Å². The third kappa shape index (κ3) is 2.25. The first kappa shape index (κ1) is 22.2. The Labute approximate surface area is 248 Å². The van der Waals surface area contributed by atoms with Crippen LogP contribution in [0.4, 0.5) is 17.2 Å². The van der Waals surface area contributed by atoms with E-state index in [9.17, 15) is 0 Å². The van der Waals surface area contributed by atoms with Crippen LogP contribution in [0.5, 0.6) is 23.1 Å². The predicted molar refractivity (Wildman–Crippen MR) is 163 cm³/mol. The number of aromatic nitrogens is 2. The van der Waals surface area contributed by atoms with Gasteiger partial charge in [0.1, 0.15) is 17.2 Å². The summed E-state index contributed by atoms with van der Waals surface area (Å²) in [7, 11) is 0. The van der Waals surface area contributed by atoms with Crippen molar-refractivity contribution >= 4 is 17.2 Å². The van der Waals surface area contributed by atoms with Gasteiger partial charge in [0.05, 0.1) is 17.8 Å². The molecule has 0 radical (unpaired) electrons. The largest absolute Gasteiger partial charge is 0.455 e. The molecule has 0 amide bonds. The topological polar surface area (TPSA) is 29.5 Å². The van der Waals surface area contributed by atoms with E-state index >= 15 is 0 Å². The SMILES string of the molecule is CC1(C)c2cccc3c2N2c4c1ccc1c4C4(c5c(cccc5Oc5cccc[n+]54)O1)[n+]1cccc(c12)-c1ccccc1-3. The van der Waals surface area contributed by atoms with Crippen molar-refractivity contribution < 1.29 is 18.6 Å². The number of rotatable bonds is 0. The minimum absolute atomic E-state index is 0.251. The van der Waals surface area contributed by atoms with Gasteiger partial charge in [-0.1, -0.05) is 68.4 Å². The van der Waals surface area contributed by atoms with Crippen LogP contribution >= 0.6 is 0 Å². The van der Waals surface area contributed by atoms with Gasteiger partial charge < -0.3 is 9.47 Å². The number of nitrogens with zero attached hydrogens (tertiary/aromatic N) is 3. The van der Waals surface area contributed by atoms with Gasteiger partial charge in [-0.05, 0) is 47.5 Å². The second kappa shape index (κ2) is 6.96. The van der Waals surface area contributed by atoms with Crippen molar-refractivity contribution in [3.05, 3.63) is 138 Å². The minimum atomic E-state index is -0.774. The van der Waals surface area contributed by atoms with Crippen LogP contribution in [0.3, 0.4) is 0 Å². The van der Waals surface area contributed by atoms with Crippen LogP contribution in [-0.2, 0) is 11.1 Å². The zero-order valence-corrected chi connectivity index (χ0v) is 23.6. The van der Waals surface area contributed by atoms with Crippen molar-refractivity contribution in [1.82, 2.24) is 0 Å². The molecule has 202 valence electrons. The Bertz CT molecular complexity index is 2290. The van der Waals surface area contributed by atoms with Crippen molar-refractivity contribution in [3.63, 3.8) is 0 Å². The highest BCUT2D eigenvalue weighted by Gasteiger charge is 2.69. The van der Waals surface area contributed by atoms with Crippen molar-refractivity contribution in [1.29, 1.82) is 0 Å². The van der Waals surface area contributed by atoms with Crippen LogP contribution in [-0.4, -0.2) is 0 Å². The molecule has 1 unspecified atom stereocenters. The monoisotopic (exact) mass is 555 g/mol. The first-order chi connectivity index (χ1) is 21.1. The summed E-state index contributed by atoms with van der Waals surface area (Å²) < 4.78 is 18.2. The van der Waals surface area contributed by atoms with Crippen LogP contribution in [0.1, 0.15) is 36.1 Å². The fraction of sp³-hybridized carbons (Fsp3) is 0.105. The Morgan fingerprint density at radius 3 is 2.09 bits per heavy atom. The van der Waals surface area contributed by atoms with Gasteiger partial charge in [0.2, 0.25) is 0 Å². The Balaban J connectivity index is 1.45. The standard InChI is InChI=1S/C38H25N3O2/c1-37(2)26-14-7-12-24-22-10-3-4-11-23(22)25-13-9-21-40-36(25)41(34(24)26)35-27(37)18-19-30-33(35)38(40)32-28(42-30)15-8-16-29(32)43-31-17-5-6-20-39(31)38/h3-21H,1-2H3/q+2. The number of hydrogen-bond donors (Lipinski definition) is 0. The fourth-order valence-corrected chi connectivity index (χ4v) is 8.62. The molecule has 11 rings (SSSR count). The van der Waals surface area contributed by atoms with Crippen molar-refractivity contribution in [3.8, 4) is 45.4 Å². The average molecular weight is 556 g/mol. The molecule has 1 atom stereocenters. The van der Waals surface area contributed by atoms with Crippen molar-refractivity contribution in [2.24, 2.45) is 0 Å². The van der Waals surface area contributed by atoms with Crippen molar-refractivity contribution in [2.45, 2.75) is 24.9 Å². The Kier molecular flexibility index (Phi) is 3.59. The molecule has 7 heterocycles. The van der Waals surface area contributed by atoms with Gasteiger partial charge >= 0.3 is 17.4 Å². The van der Waals surface area contributed by atoms with Gasteiger partial charge in [-0.15, -0.1) is 4.57 Å². The summed E-state index contributed by atoms with van der Waals surface area (Å²) >= 11 is 0. The molecule has 5 nitrogen and oxygen atoms in total. The summed E-state index contributed by atoms with van der Waals surface area (Å²) in [5.41, 5.74) is 11.1. The molecule has 0 saturated carbocycles. The van der Waals surface area contributed by atoms with Crippen molar-refractivity contribution in [2.75, 3.05) is 4.90 Å². The molecule has 0 saturated heterocycles. The maximum Gasteiger partial charge on any atom is 0.380 e. The Morgan fingerprint density at radius 1 is 0.535 bits per heavy atom. The van der Waals surface area contributed by atoms with Crippen LogP contribution in [0.2, 0.25) is 0 Å². The molecule has 0 aliphatic carbocycles. The van der Waals surface area contributed by atoms with Crippen LogP contribution in [0, 0.1) is 0 Å². The lowest BCUT2D eigenvalue weighted by Crippen LogP contribution is -2.78. The van der Waals surface area contributed by atoms with Crippen LogP contribution in [0.15, 0.2) is 116 Å². The maximum atomic E-state index is 6.83. The second-order valence-corrected chi connectivity index (χ2v) is 12.6. The third-order valence-corrected chi connectivity index (χ3v) is 10.3. The van der Waals surface area contributed by atoms with E-state index in [1.165, 1.54) is 44.8 Å². The molecule has 1 spiro atoms. The third-order valence-electron chi connectivity index (χ3n) is 10.3. The molecule has 5 aliphatic rings. The highest BCUT2D eigenvalue weighted by molar-refractivity contribution is 6.05. The summed E-state index contributed by atoms with van der Waals surface area (Å²) in [6.07, 6.45) is 4.40. The molecule has 0 fully saturated rings. The fourth-order valence-electron chi connectivity index (χ4n) is 8.62. The number of pyridine rings is 2. The summed E-state index contributed by atoms with van der Waals surface area (Å²) in [5.74, 6) is 4.44. The molecule has 5 aliphatic heterocycles. The quantitative estimate of drug-likeness (QED) is 0.179. The molecule has 2 aromatic heterocycles. The van der Waals surface area contributed by atoms with Gasteiger partial charge in [0.15, 0.2) is 28.8 Å². The molecule has 5 heteroatoms. The second-order valence-electron chi connectivity index (χ2n) is 12.6. The molecule has 0 N–H and O–H groups in total. The van der Waals surface area contributed by atoms with Gasteiger partial charge in [-0.2, -0.15) is 9.47 Å². The van der Waals surface area contributed by atoms with E-state index in [1.54, 1.807) is 0 Å². The van der Waals surface area contributed by atoms with E-state index in [4.69, 9.17) is 9.47 Å². The van der Waals surface area contributed by atoms with Gasteiger partial charge in [-0.25, -0.2) is 0 Å². The lowest BCUT2D eigenvalue weighted by atomic mass is 9.69. The van der Waals surface area contributed by atoms with E-state index < -0.39 is 5.66 Å². The number of hydrogen-bond acceptors (Lipinski definition) is 3. The summed E-state index contributed by atoms with van der Waals surface area (Å²) in [4.78, 5) is 2.54. The molecule has 0 bridgehead atoms. The van der Waals surface area contributed by atoms with Gasteiger partial charge in [0.25, 0.3) is 0 Å². The molecule has 4 aromatic carbocycles. The first-order valence-electron chi connectivity index (χ1n) is 14.9. The maximum absolute atomic E-state index is 6.83. The van der Waals surface area contributed by atoms with E-state index in [-0.39, 0.29) is 5.41 Å². The average Bonchev–Trinajstić information content (AvgIpc) is 3.16. The number of anilines is 3. The number of benzene rings is 4. The van der Waals surface area contributed by atoms with Gasteiger partial charge in [-0.3, -0.25) is 0 Å². The molecular weight excluding hydrogens is 530 g/mol. The summed E-state index contributed by atoms with van der Waals surface area (Å²) in [6.45, 7) is 4.73. The zero-order valence-electron chi connectivity index (χ0n) is 23.6. The van der Waals surface area contributed by atoms with E-state index in [1.807, 2.05) is 12.1 Å². The minimum Gasteiger partial charge on any atom is -0.455 e. The summed E-state index contributed by atoms with van der Waals surface area (Å²) in [6, 6.07) is 37.0. The number of fused-ring (bicyclic) bond motifs is 4. The molecule has 43 heavy (non-hydrogen) atoms. The lowest BCUT2D eigenvalue weighted by Gasteiger charge is -2.46. The number of para-hydroxylation sites is 1. The smallest absolute Gasteiger partial charge is 0.380 e. The Hall–Kier alpha value is -5.42. The predicted octanol–water partition coefficient (Wildman–Crippen LogP) is 7.84. The molecular formula is C38H25N3O2+2.